The molecule has 3 atom stereocenters. The summed E-state index contributed by atoms with van der Waals surface area (Å²) in [6.45, 7) is 20.8. The molecule has 2 saturated heterocycles. The fourth-order valence-electron chi connectivity index (χ4n) is 12.3. The van der Waals surface area contributed by atoms with Gasteiger partial charge in [-0.25, -0.2) is 34.3 Å². The van der Waals surface area contributed by atoms with Gasteiger partial charge in [-0.15, -0.1) is 0 Å². The molecule has 3 fully saturated rings. The van der Waals surface area contributed by atoms with Crippen molar-refractivity contribution in [3.05, 3.63) is 131 Å². The van der Waals surface area contributed by atoms with Gasteiger partial charge in [-0.3, -0.25) is 5.04 Å². The molecule has 0 amide bonds. The number of piperazine rings is 1. The van der Waals surface area contributed by atoms with Crippen LogP contribution in [0.2, 0.25) is 0 Å². The fraction of sp³-hybridized carbons (Fsp3) is 0.415. The SMILES string of the molecule is C=C(OCC)N1CC[N+](=C2/C(=C/C=C3/N(CCC(C)S(=O)(=O)[O-])c4ccc5cc(SOO[O-])ccc5c4C3(C)C)CC/C2=C\C=C2/C(C)(C)c3c(ccc4cc(S(=O)(=O)[O-])ccc34)[N+]23CCC3(C)S(=O)(=O)[O-])CC1. The lowest BCUT2D eigenvalue weighted by molar-refractivity contribution is -0.777. The third-order valence-electron chi connectivity index (χ3n) is 16.2. The third kappa shape index (κ3) is 8.94. The average molecular weight is 1090 g/mol. The van der Waals surface area contributed by atoms with Gasteiger partial charge in [0, 0.05) is 63.2 Å². The number of anilines is 1. The van der Waals surface area contributed by atoms with Crippen LogP contribution in [0.5, 0.6) is 0 Å². The summed E-state index contributed by atoms with van der Waals surface area (Å²) in [7, 11) is -14.3. The number of hydrogen-bond donors (Lipinski definition) is 0. The molecule has 74 heavy (non-hydrogen) atoms. The molecule has 396 valence electrons. The van der Waals surface area contributed by atoms with Crippen LogP contribution in [0.15, 0.2) is 130 Å². The highest BCUT2D eigenvalue weighted by atomic mass is 32.2. The third-order valence-corrected chi connectivity index (χ3v) is 20.5. The zero-order chi connectivity index (χ0) is 53.6. The summed E-state index contributed by atoms with van der Waals surface area (Å²) in [6, 6.07) is 17.3. The molecule has 17 nitrogen and oxygen atoms in total. The minimum atomic E-state index is -4.92. The molecular weight excluding hydrogens is 1030 g/mol. The molecule has 4 aliphatic heterocycles. The van der Waals surface area contributed by atoms with Gasteiger partial charge in [0.15, 0.2) is 29.1 Å². The molecule has 3 unspecified atom stereocenters. The molecular formula is C53H60N4O13S4-2. The Hall–Kier alpha value is -4.91. The van der Waals surface area contributed by atoms with Gasteiger partial charge < -0.3 is 33.5 Å². The monoisotopic (exact) mass is 1090 g/mol. The molecule has 1 saturated carbocycles. The molecule has 0 radical (unpaired) electrons. The summed E-state index contributed by atoms with van der Waals surface area (Å²) in [4.78, 5) is 2.72. The summed E-state index contributed by atoms with van der Waals surface area (Å²) in [5, 5.41) is 16.0. The molecule has 21 heteroatoms. The van der Waals surface area contributed by atoms with E-state index in [4.69, 9.17) is 4.74 Å². The van der Waals surface area contributed by atoms with E-state index in [0.717, 1.165) is 62.2 Å². The summed E-state index contributed by atoms with van der Waals surface area (Å²) >= 11 is 0.793. The van der Waals surface area contributed by atoms with Crippen LogP contribution in [-0.2, 0) is 55.3 Å². The van der Waals surface area contributed by atoms with Gasteiger partial charge in [0.1, 0.15) is 21.5 Å². The van der Waals surface area contributed by atoms with Crippen LogP contribution in [0.25, 0.3) is 21.5 Å². The lowest BCUT2D eigenvalue weighted by Gasteiger charge is -2.58. The standard InChI is InChI=1S/C53H62N4O13S4/c1-9-68-35(3)54-27-29-55(30-28-54)50-36(14-22-46-51(4,5)48-42-18-16-40(71-70-69-58)32-38(42)12-20-44(48)56(46)26-24-34(2)72(59,60)61)10-11-37(50)15-23-47-52(6,7)49-43-19-17-41(73(62,63)64)33-39(43)13-21-45(49)57(47)31-25-53(57,8)74(65,66)67/h12-23,32-34H,3,9-11,24-31H2,1-2,4-8H3,(H2-2,58,59,60,61,62,63,64,65,66,67)/p-2/b37-15+,47-23+. The minimum Gasteiger partial charge on any atom is -0.748 e. The van der Waals surface area contributed by atoms with Crippen LogP contribution >= 0.6 is 12.0 Å². The number of allylic oxidation sites excluding steroid dienone is 8. The van der Waals surface area contributed by atoms with Crippen LogP contribution in [0.4, 0.5) is 11.4 Å². The van der Waals surface area contributed by atoms with Crippen molar-refractivity contribution in [1.29, 1.82) is 0 Å². The Kier molecular flexibility index (Phi) is 14.0. The van der Waals surface area contributed by atoms with Gasteiger partial charge in [-0.1, -0.05) is 38.1 Å². The second-order valence-corrected chi connectivity index (χ2v) is 26.6. The molecule has 5 aliphatic rings. The van der Waals surface area contributed by atoms with E-state index >= 15 is 0 Å². The summed E-state index contributed by atoms with van der Waals surface area (Å²) in [5.41, 5.74) is 6.36. The van der Waals surface area contributed by atoms with Gasteiger partial charge in [-0.2, -0.15) is 4.33 Å². The van der Waals surface area contributed by atoms with Gasteiger partial charge in [0.05, 0.1) is 65.1 Å². The zero-order valence-corrected chi connectivity index (χ0v) is 45.6. The predicted octanol–water partition coefficient (Wildman–Crippen LogP) is 7.20. The first-order valence-corrected chi connectivity index (χ1v) is 29.6. The molecule has 0 aromatic heterocycles. The van der Waals surface area contributed by atoms with Crippen LogP contribution < -0.4 is 14.6 Å². The van der Waals surface area contributed by atoms with Crippen LogP contribution in [0.3, 0.4) is 0 Å². The topological polar surface area (TPSA) is 232 Å². The molecule has 4 aromatic rings. The van der Waals surface area contributed by atoms with Crippen molar-refractivity contribution < 1.29 is 62.9 Å². The number of nitrogens with zero attached hydrogens (tertiary/aromatic N) is 4. The fourth-order valence-corrected chi connectivity index (χ4v) is 14.6. The molecule has 4 aromatic carbocycles. The Bertz CT molecular complexity index is 3520. The van der Waals surface area contributed by atoms with Gasteiger partial charge >= 0.3 is 0 Å². The maximum atomic E-state index is 13.5. The maximum absolute atomic E-state index is 13.5. The smallest absolute Gasteiger partial charge is 0.206 e. The number of quaternary nitrogens is 1. The molecule has 0 bridgehead atoms. The van der Waals surface area contributed by atoms with E-state index in [1.165, 1.54) is 26.0 Å². The predicted molar refractivity (Wildman–Crippen MR) is 279 cm³/mol. The molecule has 1 spiro atoms. The van der Waals surface area contributed by atoms with Crippen molar-refractivity contribution in [2.75, 3.05) is 50.8 Å². The molecule has 1 aliphatic carbocycles. The van der Waals surface area contributed by atoms with E-state index in [1.54, 1.807) is 18.2 Å². The van der Waals surface area contributed by atoms with Gasteiger partial charge in [0.25, 0.3) is 0 Å². The van der Waals surface area contributed by atoms with E-state index in [0.29, 0.717) is 85.1 Å². The number of fused-ring (bicyclic) bond motifs is 7. The van der Waals surface area contributed by atoms with Crippen LogP contribution in [-0.4, -0.2) is 110 Å². The van der Waals surface area contributed by atoms with Gasteiger partial charge in [-0.05, 0) is 135 Å². The van der Waals surface area contributed by atoms with Crippen LogP contribution in [0.1, 0.15) is 85.3 Å². The highest BCUT2D eigenvalue weighted by Gasteiger charge is 2.71. The van der Waals surface area contributed by atoms with E-state index < -0.39 is 51.3 Å². The Morgan fingerprint density at radius 1 is 0.838 bits per heavy atom. The lowest BCUT2D eigenvalue weighted by Crippen LogP contribution is -2.76. The van der Waals surface area contributed by atoms with Crippen molar-refractivity contribution in [3.8, 4) is 0 Å². The molecule has 4 heterocycles. The van der Waals surface area contributed by atoms with E-state index in [-0.39, 0.29) is 28.8 Å². The van der Waals surface area contributed by atoms with E-state index in [9.17, 15) is 44.2 Å². The summed E-state index contributed by atoms with van der Waals surface area (Å²) < 4.78 is 126. The molecule has 0 N–H and O–H groups in total. The van der Waals surface area contributed by atoms with Crippen molar-refractivity contribution in [2.24, 2.45) is 0 Å². The maximum Gasteiger partial charge on any atom is 0.206 e. The van der Waals surface area contributed by atoms with Gasteiger partial charge in [0.2, 0.25) is 10.6 Å². The summed E-state index contributed by atoms with van der Waals surface area (Å²) in [6.07, 6.45) is 9.71. The Balaban J connectivity index is 1.19. The van der Waals surface area contributed by atoms with E-state index in [1.807, 2.05) is 57.2 Å². The quantitative estimate of drug-likeness (QED) is 0.0231. The second-order valence-electron chi connectivity index (χ2n) is 20.9. The van der Waals surface area contributed by atoms with Crippen LogP contribution in [0, 0.1) is 0 Å². The highest BCUT2D eigenvalue weighted by Crippen LogP contribution is 2.64. The first-order valence-electron chi connectivity index (χ1n) is 24.5. The summed E-state index contributed by atoms with van der Waals surface area (Å²) in [5.74, 6) is 0.598. The number of rotatable bonds is 14. The van der Waals surface area contributed by atoms with E-state index in [2.05, 4.69) is 62.4 Å². The Labute approximate surface area is 437 Å². The Morgan fingerprint density at radius 2 is 1.47 bits per heavy atom. The van der Waals surface area contributed by atoms with Crippen molar-refractivity contribution in [2.45, 2.75) is 105 Å². The number of ether oxygens (including phenoxy) is 1. The number of hydrogen-bond acceptors (Lipinski definition) is 16. The van der Waals surface area contributed by atoms with Crippen molar-refractivity contribution in [1.82, 2.24) is 9.38 Å². The minimum absolute atomic E-state index is 0.0808. The van der Waals surface area contributed by atoms with Crippen molar-refractivity contribution in [3.63, 3.8) is 0 Å². The second kappa shape index (κ2) is 19.3. The zero-order valence-electron chi connectivity index (χ0n) is 42.4. The Morgan fingerprint density at radius 3 is 2.08 bits per heavy atom. The molecule has 9 rings (SSSR count). The number of benzene rings is 4. The highest BCUT2D eigenvalue weighted by molar-refractivity contribution is 7.94. The first kappa shape index (κ1) is 53.9. The average Bonchev–Trinajstić information content (AvgIpc) is 3.92. The normalized spacial score (nSPS) is 25.2. The van der Waals surface area contributed by atoms with Crippen molar-refractivity contribution >= 4 is 81.0 Å². The lowest BCUT2D eigenvalue weighted by atomic mass is 9.80. The first-order chi connectivity index (χ1) is 34.7. The largest absolute Gasteiger partial charge is 0.748 e.